The highest BCUT2D eigenvalue weighted by molar-refractivity contribution is 7.89. The number of thiophene rings is 2. The second-order valence-corrected chi connectivity index (χ2v) is 26.8. The number of aromatic nitrogens is 6. The van der Waals surface area contributed by atoms with Crippen molar-refractivity contribution in [3.63, 3.8) is 0 Å². The van der Waals surface area contributed by atoms with Gasteiger partial charge in [-0.1, -0.05) is 66.7 Å². The van der Waals surface area contributed by atoms with Crippen molar-refractivity contribution in [3.8, 4) is 43.4 Å². The zero-order valence-electron chi connectivity index (χ0n) is 48.8. The molecular weight excluding hydrogens is 1210 g/mol. The van der Waals surface area contributed by atoms with Gasteiger partial charge in [0, 0.05) is 63.1 Å². The van der Waals surface area contributed by atoms with E-state index in [2.05, 4.69) is 20.8 Å². The Bertz CT molecular complexity index is 4750. The first-order chi connectivity index (χ1) is 43.4. The van der Waals surface area contributed by atoms with Gasteiger partial charge in [-0.3, -0.25) is 19.2 Å². The second-order valence-electron chi connectivity index (χ2n) is 22.8. The molecule has 8 heterocycles. The number of para-hydroxylation sites is 3. The van der Waals surface area contributed by atoms with Gasteiger partial charge in [-0.05, 0) is 140 Å². The SMILES string of the molecule is COC(=O)n1cc(-c2cccc(C(=O)N3CCc4cc(C(=O)Nc5c(C)cccc5F)sc4-c4ccccc43)n2)c(C2CC2c2cc(C)c(NC(=O)c3cc4c(s3)-c3ccccc3N(C(=O)c3cccc(-c5cnn(S(C)(=O)=O)c5C5CC5)n3)CC4)c(F)c2)n1. The normalized spacial score (nSPS) is 15.8. The molecule has 4 aromatic carbocycles. The number of nitrogens with one attached hydrogen (secondary N) is 2. The van der Waals surface area contributed by atoms with Crippen LogP contribution in [-0.2, 0) is 27.6 Å². The van der Waals surface area contributed by atoms with Crippen molar-refractivity contribution in [1.29, 1.82) is 0 Å². The summed E-state index contributed by atoms with van der Waals surface area (Å²) < 4.78 is 63.7. The van der Waals surface area contributed by atoms with Crippen molar-refractivity contribution in [2.45, 2.75) is 63.7 Å². The summed E-state index contributed by atoms with van der Waals surface area (Å²) in [6.45, 7) is 3.97. The number of nitrogens with zero attached hydrogens (tertiary/aromatic N) is 8. The van der Waals surface area contributed by atoms with E-state index in [1.165, 1.54) is 54.3 Å². The minimum atomic E-state index is -3.67. The molecule has 2 saturated carbocycles. The molecule has 0 spiro atoms. The minimum Gasteiger partial charge on any atom is -0.451 e. The summed E-state index contributed by atoms with van der Waals surface area (Å²) in [5, 5.41) is 14.4. The Morgan fingerprint density at radius 1 is 0.633 bits per heavy atom. The summed E-state index contributed by atoms with van der Waals surface area (Å²) in [6.07, 6.45) is 6.38. The lowest BCUT2D eigenvalue weighted by atomic mass is 10.0. The molecule has 4 amide bonds. The van der Waals surface area contributed by atoms with Gasteiger partial charge in [-0.15, -0.1) is 22.7 Å². The predicted molar refractivity (Wildman–Crippen MR) is 339 cm³/mol. The predicted octanol–water partition coefficient (Wildman–Crippen LogP) is 13.0. The molecule has 6 aromatic heterocycles. The molecule has 2 atom stereocenters. The quantitative estimate of drug-likeness (QED) is 0.117. The number of carbonyl (C=O) groups is 5. The fraction of sp³-hybridized carbons (Fsp3) is 0.209. The molecule has 0 bridgehead atoms. The van der Waals surface area contributed by atoms with Gasteiger partial charge in [0.2, 0.25) is 0 Å². The molecule has 90 heavy (non-hydrogen) atoms. The molecule has 23 heteroatoms. The lowest BCUT2D eigenvalue weighted by Gasteiger charge is -2.23. The summed E-state index contributed by atoms with van der Waals surface area (Å²) in [6, 6.07) is 36.5. The van der Waals surface area contributed by atoms with E-state index < -0.39 is 39.6 Å². The molecule has 18 nitrogen and oxygen atoms in total. The average molecular weight is 1260 g/mol. The van der Waals surface area contributed by atoms with Crippen LogP contribution in [0.5, 0.6) is 0 Å². The Morgan fingerprint density at radius 2 is 1.19 bits per heavy atom. The van der Waals surface area contributed by atoms with Gasteiger partial charge in [0.1, 0.15) is 23.0 Å². The number of fused-ring (bicyclic) bond motifs is 6. The van der Waals surface area contributed by atoms with E-state index in [0.717, 1.165) is 59.9 Å². The third-order valence-corrected chi connectivity index (χ3v) is 20.2. The highest BCUT2D eigenvalue weighted by atomic mass is 32.2. The standard InChI is InChI=1S/C67H54F2N10O8S3/c1-35-12-9-15-47(68)57(35)73-63(80)55-30-38-25-27-77(54-21-8-6-14-42(54)61(38)88-55)66(83)52-19-11-17-50(72-52)46-34-78(67(84)87-3)75-59(46)44-32-43(44)40-28-36(2)58(48(69)29-40)74-64(81)56-31-39-24-26-76(53-20-7-5-13-41(53)62(39)89-56)65(82)51-18-10-16-49(71-51)45-33-70-79(90(4,85)86)60(45)37-22-23-37/h5-21,28-31,33-34,37,43-44H,22-27,32H2,1-4H3,(H,73,80)(H,74,81). The van der Waals surface area contributed by atoms with E-state index >= 15 is 4.39 Å². The molecule has 2 aliphatic carbocycles. The van der Waals surface area contributed by atoms with Crippen LogP contribution < -0.4 is 20.4 Å². The third kappa shape index (κ3) is 10.5. The van der Waals surface area contributed by atoms with Crippen molar-refractivity contribution in [3.05, 3.63) is 212 Å². The van der Waals surface area contributed by atoms with Gasteiger partial charge in [0.25, 0.3) is 33.7 Å². The number of benzene rings is 4. The van der Waals surface area contributed by atoms with Gasteiger partial charge in [-0.2, -0.15) is 19.0 Å². The monoisotopic (exact) mass is 1260 g/mol. The summed E-state index contributed by atoms with van der Waals surface area (Å²) in [5.74, 6) is -3.32. The number of hydrogen-bond donors (Lipinski definition) is 2. The smallest absolute Gasteiger partial charge is 0.434 e. The molecule has 10 aromatic rings. The van der Waals surface area contributed by atoms with Gasteiger partial charge in [-0.25, -0.2) is 32.0 Å². The number of methoxy groups -OCH3 is 1. The van der Waals surface area contributed by atoms with Gasteiger partial charge in [0.15, 0.2) is 0 Å². The number of anilines is 4. The van der Waals surface area contributed by atoms with Crippen molar-refractivity contribution >= 4 is 85.2 Å². The molecule has 2 N–H and O–H groups in total. The van der Waals surface area contributed by atoms with Crippen LogP contribution in [0.3, 0.4) is 0 Å². The van der Waals surface area contributed by atoms with E-state index in [4.69, 9.17) is 14.7 Å². The summed E-state index contributed by atoms with van der Waals surface area (Å²) in [7, 11) is -2.42. The van der Waals surface area contributed by atoms with Crippen LogP contribution in [0, 0.1) is 25.5 Å². The van der Waals surface area contributed by atoms with Crippen LogP contribution in [0.2, 0.25) is 0 Å². The maximum absolute atomic E-state index is 16.5. The number of hydrogen-bond acceptors (Lipinski definition) is 14. The molecular formula is C67H54F2N10O8S3. The van der Waals surface area contributed by atoms with E-state index in [0.29, 0.717) is 91.0 Å². The Labute approximate surface area is 522 Å². The van der Waals surface area contributed by atoms with Gasteiger partial charge < -0.3 is 25.2 Å². The van der Waals surface area contributed by atoms with Crippen molar-refractivity contribution in [2.75, 3.05) is 46.9 Å². The summed E-state index contributed by atoms with van der Waals surface area (Å²) in [4.78, 5) is 85.3. The molecule has 452 valence electrons. The molecule has 2 aliphatic heterocycles. The van der Waals surface area contributed by atoms with E-state index in [1.54, 1.807) is 84.3 Å². The maximum atomic E-state index is 16.5. The van der Waals surface area contributed by atoms with Crippen LogP contribution in [0.1, 0.15) is 117 Å². The van der Waals surface area contributed by atoms with Crippen molar-refractivity contribution in [1.82, 2.24) is 28.9 Å². The van der Waals surface area contributed by atoms with E-state index in [1.807, 2.05) is 54.6 Å². The molecule has 2 unspecified atom stereocenters. The Kier molecular flexibility index (Phi) is 14.6. The Balaban J connectivity index is 0.677. The first kappa shape index (κ1) is 57.9. The van der Waals surface area contributed by atoms with E-state index in [9.17, 15) is 36.8 Å². The fourth-order valence-electron chi connectivity index (χ4n) is 12.3. The molecule has 14 rings (SSSR count). The number of aryl methyl sites for hydroxylation is 2. The number of ether oxygens (including phenoxy) is 1. The zero-order chi connectivity index (χ0) is 62.4. The van der Waals surface area contributed by atoms with Crippen molar-refractivity contribution in [2.24, 2.45) is 0 Å². The van der Waals surface area contributed by atoms with Crippen molar-refractivity contribution < 1.29 is 45.9 Å². The van der Waals surface area contributed by atoms with Crippen LogP contribution in [0.15, 0.2) is 140 Å². The van der Waals surface area contributed by atoms with Crippen LogP contribution in [0.4, 0.5) is 36.3 Å². The minimum absolute atomic E-state index is 0.0252. The van der Waals surface area contributed by atoms with Crippen LogP contribution in [-0.4, -0.2) is 93.5 Å². The number of halogens is 2. The maximum Gasteiger partial charge on any atom is 0.434 e. The number of amides is 4. The average Bonchev–Trinajstić information content (AvgIpc) is 1.64. The molecule has 4 aliphatic rings. The molecule has 0 radical (unpaired) electrons. The van der Waals surface area contributed by atoms with E-state index in [-0.39, 0.29) is 65.4 Å². The van der Waals surface area contributed by atoms with Crippen LogP contribution in [0.25, 0.3) is 43.4 Å². The lowest BCUT2D eigenvalue weighted by Crippen LogP contribution is -2.33. The highest BCUT2D eigenvalue weighted by Crippen LogP contribution is 2.57. The topological polar surface area (TPSA) is 221 Å². The first-order valence-electron chi connectivity index (χ1n) is 29.1. The Hall–Kier alpha value is -9.84. The zero-order valence-corrected chi connectivity index (χ0v) is 51.2. The summed E-state index contributed by atoms with van der Waals surface area (Å²) in [5.41, 5.74) is 9.59. The van der Waals surface area contributed by atoms with Gasteiger partial charge >= 0.3 is 6.09 Å². The highest BCUT2D eigenvalue weighted by Gasteiger charge is 2.44. The van der Waals surface area contributed by atoms with Gasteiger partial charge in [0.05, 0.1) is 74.8 Å². The van der Waals surface area contributed by atoms with Crippen LogP contribution >= 0.6 is 22.7 Å². The number of rotatable bonds is 12. The molecule has 0 saturated heterocycles. The number of carbonyl (C=O) groups excluding carboxylic acids is 5. The molecule has 2 fully saturated rings. The fourth-order valence-corrected chi connectivity index (χ4v) is 15.4. The first-order valence-corrected chi connectivity index (χ1v) is 32.6. The number of pyridine rings is 2. The Morgan fingerprint density at radius 3 is 1.73 bits per heavy atom. The largest absolute Gasteiger partial charge is 0.451 e. The lowest BCUT2D eigenvalue weighted by molar-refractivity contribution is 0.0975. The second kappa shape index (κ2) is 22.6. The third-order valence-electron chi connectivity index (χ3n) is 16.9. The summed E-state index contributed by atoms with van der Waals surface area (Å²) >= 11 is 2.52.